The third-order valence-corrected chi connectivity index (χ3v) is 4.10. The number of hydrogen-bond acceptors (Lipinski definition) is 1. The van der Waals surface area contributed by atoms with Crippen LogP contribution in [0.15, 0.2) is 18.2 Å². The Kier molecular flexibility index (Phi) is 4.40. The second-order valence-electron chi connectivity index (χ2n) is 7.80. The molecule has 0 aliphatic carbocycles. The van der Waals surface area contributed by atoms with Crippen LogP contribution in [0.25, 0.3) is 0 Å². The van der Waals surface area contributed by atoms with Gasteiger partial charge in [0.25, 0.3) is 0 Å². The van der Waals surface area contributed by atoms with Gasteiger partial charge in [-0.15, -0.1) is 0 Å². The first-order valence-electron chi connectivity index (χ1n) is 7.53. The number of halogens is 2. The molecule has 22 heavy (non-hydrogen) atoms. The van der Waals surface area contributed by atoms with Gasteiger partial charge < -0.3 is 0 Å². The van der Waals surface area contributed by atoms with E-state index in [1.807, 2.05) is 0 Å². The molecule has 0 amide bonds. The van der Waals surface area contributed by atoms with E-state index in [0.717, 1.165) is 17.0 Å². The zero-order valence-corrected chi connectivity index (χ0v) is 14.9. The second kappa shape index (κ2) is 5.69. The van der Waals surface area contributed by atoms with E-state index in [0.29, 0.717) is 17.0 Å². The van der Waals surface area contributed by atoms with E-state index < -0.39 is 0 Å². The zero-order chi connectivity index (χ0) is 16.7. The molecule has 2 aromatic rings. The van der Waals surface area contributed by atoms with Gasteiger partial charge in [0.2, 0.25) is 0 Å². The Morgan fingerprint density at radius 3 is 2.18 bits per heavy atom. The van der Waals surface area contributed by atoms with Gasteiger partial charge in [-0.25, -0.2) is 4.39 Å². The highest BCUT2D eigenvalue weighted by atomic mass is 35.5. The molecule has 0 bridgehead atoms. The largest absolute Gasteiger partial charge is 0.281 e. The molecule has 2 rings (SSSR count). The van der Waals surface area contributed by atoms with Crippen LogP contribution in [-0.2, 0) is 17.3 Å². The smallest absolute Gasteiger partial charge is 0.128 e. The summed E-state index contributed by atoms with van der Waals surface area (Å²) < 4.78 is 14.2. The van der Waals surface area contributed by atoms with E-state index >= 15 is 0 Å². The van der Waals surface area contributed by atoms with Crippen molar-refractivity contribution in [2.75, 3.05) is 0 Å². The highest BCUT2D eigenvalue weighted by Crippen LogP contribution is 2.34. The van der Waals surface area contributed by atoms with Gasteiger partial charge in [-0.3, -0.25) is 5.10 Å². The Balaban J connectivity index is 2.60. The second-order valence-corrected chi connectivity index (χ2v) is 8.21. The number of benzene rings is 1. The van der Waals surface area contributed by atoms with E-state index in [4.69, 9.17) is 11.6 Å². The minimum Gasteiger partial charge on any atom is -0.281 e. The number of hydrogen-bond donors (Lipinski definition) is 1. The molecule has 120 valence electrons. The van der Waals surface area contributed by atoms with Gasteiger partial charge in [0, 0.05) is 39.1 Å². The summed E-state index contributed by atoms with van der Waals surface area (Å²) in [5, 5.41) is 8.14. The average Bonchev–Trinajstić information content (AvgIpc) is 2.77. The first-order valence-corrected chi connectivity index (χ1v) is 7.90. The maximum Gasteiger partial charge on any atom is 0.128 e. The molecule has 0 saturated heterocycles. The molecule has 2 nitrogen and oxygen atoms in total. The highest BCUT2D eigenvalue weighted by Gasteiger charge is 2.29. The number of nitrogens with one attached hydrogen (secondary N) is 1. The van der Waals surface area contributed by atoms with E-state index in [2.05, 4.69) is 51.7 Å². The first-order chi connectivity index (χ1) is 10.0. The molecule has 0 saturated carbocycles. The average molecular weight is 323 g/mol. The van der Waals surface area contributed by atoms with Crippen LogP contribution >= 0.6 is 11.6 Å². The summed E-state index contributed by atoms with van der Waals surface area (Å²) in [6.07, 6.45) is 0.446. The molecule has 1 N–H and O–H groups in total. The predicted molar refractivity (Wildman–Crippen MR) is 90.2 cm³/mol. The molecule has 1 heterocycles. The molecule has 0 aliphatic heterocycles. The predicted octanol–water partition coefficient (Wildman–Crippen LogP) is 5.39. The highest BCUT2D eigenvalue weighted by molar-refractivity contribution is 6.31. The van der Waals surface area contributed by atoms with Gasteiger partial charge in [0.05, 0.1) is 5.69 Å². The van der Waals surface area contributed by atoms with E-state index in [1.165, 1.54) is 6.07 Å². The minimum absolute atomic E-state index is 0.0937. The summed E-state index contributed by atoms with van der Waals surface area (Å²) >= 11 is 6.21. The molecule has 0 unspecified atom stereocenters. The summed E-state index contributed by atoms with van der Waals surface area (Å²) in [5.74, 6) is -0.270. The Morgan fingerprint density at radius 2 is 1.68 bits per heavy atom. The minimum atomic E-state index is -0.270. The van der Waals surface area contributed by atoms with Crippen molar-refractivity contribution in [2.45, 2.75) is 58.8 Å². The quantitative estimate of drug-likeness (QED) is 0.789. The molecule has 0 radical (unpaired) electrons. The van der Waals surface area contributed by atoms with Gasteiger partial charge in [-0.05, 0) is 12.1 Å². The van der Waals surface area contributed by atoms with Crippen molar-refractivity contribution < 1.29 is 4.39 Å². The van der Waals surface area contributed by atoms with Crippen LogP contribution in [0.3, 0.4) is 0 Å². The number of nitrogens with zero attached hydrogens (tertiary/aromatic N) is 1. The maximum absolute atomic E-state index is 14.2. The van der Waals surface area contributed by atoms with Crippen LogP contribution in [0.2, 0.25) is 5.02 Å². The van der Waals surface area contributed by atoms with Crippen LogP contribution in [-0.4, -0.2) is 10.2 Å². The molecular weight excluding hydrogens is 299 g/mol. The monoisotopic (exact) mass is 322 g/mol. The van der Waals surface area contributed by atoms with E-state index in [9.17, 15) is 4.39 Å². The maximum atomic E-state index is 14.2. The van der Waals surface area contributed by atoms with Crippen LogP contribution in [0.1, 0.15) is 64.1 Å². The van der Waals surface area contributed by atoms with E-state index in [-0.39, 0.29) is 16.6 Å². The van der Waals surface area contributed by atoms with Crippen molar-refractivity contribution in [3.8, 4) is 0 Å². The summed E-state index contributed by atoms with van der Waals surface area (Å²) in [7, 11) is 0. The van der Waals surface area contributed by atoms with Crippen LogP contribution in [0.4, 0.5) is 4.39 Å². The van der Waals surface area contributed by atoms with Crippen LogP contribution in [0.5, 0.6) is 0 Å². The van der Waals surface area contributed by atoms with Gasteiger partial charge in [-0.1, -0.05) is 59.2 Å². The lowest BCUT2D eigenvalue weighted by Crippen LogP contribution is -2.18. The van der Waals surface area contributed by atoms with Crippen molar-refractivity contribution in [3.05, 3.63) is 51.6 Å². The van der Waals surface area contributed by atoms with Gasteiger partial charge in [-0.2, -0.15) is 5.10 Å². The van der Waals surface area contributed by atoms with Crippen molar-refractivity contribution in [3.63, 3.8) is 0 Å². The van der Waals surface area contributed by atoms with Gasteiger partial charge >= 0.3 is 0 Å². The fraction of sp³-hybridized carbons (Fsp3) is 0.500. The Hall–Kier alpha value is -1.35. The van der Waals surface area contributed by atoms with Crippen LogP contribution < -0.4 is 0 Å². The number of aromatic nitrogens is 2. The molecule has 0 fully saturated rings. The third-order valence-electron chi connectivity index (χ3n) is 3.74. The van der Waals surface area contributed by atoms with Gasteiger partial charge in [0.1, 0.15) is 5.82 Å². The Morgan fingerprint density at radius 1 is 1.05 bits per heavy atom. The van der Waals surface area contributed by atoms with Crippen LogP contribution in [0, 0.1) is 5.82 Å². The standard InChI is InChI=1S/C18H24ClFN2/c1-17(2,3)15-12(16(22-21-15)18(4,5)6)10-11-13(19)8-7-9-14(11)20/h7-9H,10H2,1-6H3,(H,21,22). The van der Waals surface area contributed by atoms with Crippen molar-refractivity contribution in [2.24, 2.45) is 0 Å². The SMILES string of the molecule is CC(C)(C)c1n[nH]c(C(C)(C)C)c1Cc1c(F)cccc1Cl. The van der Waals surface area contributed by atoms with Crippen molar-refractivity contribution >= 4 is 11.6 Å². The number of aromatic amines is 1. The molecule has 1 aromatic heterocycles. The normalized spacial score (nSPS) is 12.7. The summed E-state index contributed by atoms with van der Waals surface area (Å²) in [6.45, 7) is 12.7. The Labute approximate surface area is 137 Å². The number of H-pyrrole nitrogens is 1. The lowest BCUT2D eigenvalue weighted by Gasteiger charge is -2.22. The molecule has 0 atom stereocenters. The third kappa shape index (κ3) is 3.35. The zero-order valence-electron chi connectivity index (χ0n) is 14.1. The van der Waals surface area contributed by atoms with E-state index in [1.54, 1.807) is 12.1 Å². The summed E-state index contributed by atoms with van der Waals surface area (Å²) in [5.41, 5.74) is 3.37. The van der Waals surface area contributed by atoms with Gasteiger partial charge in [0.15, 0.2) is 0 Å². The molecule has 0 spiro atoms. The number of rotatable bonds is 2. The lowest BCUT2D eigenvalue weighted by atomic mass is 9.81. The Bertz CT molecular complexity index is 624. The summed E-state index contributed by atoms with van der Waals surface area (Å²) in [6, 6.07) is 4.81. The first kappa shape index (κ1) is 17.0. The molecule has 1 aromatic carbocycles. The molecular formula is C18H24ClFN2. The fourth-order valence-corrected chi connectivity index (χ4v) is 2.89. The van der Waals surface area contributed by atoms with Crippen molar-refractivity contribution in [1.29, 1.82) is 0 Å². The summed E-state index contributed by atoms with van der Waals surface area (Å²) in [4.78, 5) is 0. The molecule has 0 aliphatic rings. The molecule has 4 heteroatoms. The van der Waals surface area contributed by atoms with Crippen molar-refractivity contribution in [1.82, 2.24) is 10.2 Å². The topological polar surface area (TPSA) is 28.7 Å². The fourth-order valence-electron chi connectivity index (χ4n) is 2.66. The lowest BCUT2D eigenvalue weighted by molar-refractivity contribution is 0.556.